The molecule has 1 heterocycles. The molecule has 5 heteroatoms. The van der Waals surface area contributed by atoms with Crippen molar-refractivity contribution in [3.8, 4) is 0 Å². The Morgan fingerprint density at radius 1 is 1.04 bits per heavy atom. The van der Waals surface area contributed by atoms with Gasteiger partial charge in [-0.05, 0) is 11.6 Å². The smallest absolute Gasteiger partial charge is 0.253 e. The highest BCUT2D eigenvalue weighted by Gasteiger charge is 2.22. The number of aromatic nitrogens is 1. The maximum atomic E-state index is 13.0. The summed E-state index contributed by atoms with van der Waals surface area (Å²) >= 11 is 0. The van der Waals surface area contributed by atoms with Crippen molar-refractivity contribution in [1.29, 1.82) is 0 Å². The number of benzene rings is 2. The maximum absolute atomic E-state index is 13.0. The molecule has 5 nitrogen and oxygen atoms in total. The van der Waals surface area contributed by atoms with Gasteiger partial charge in [0.15, 0.2) is 0 Å². The quantitative estimate of drug-likeness (QED) is 0.769. The van der Waals surface area contributed by atoms with E-state index >= 15 is 0 Å². The van der Waals surface area contributed by atoms with Gasteiger partial charge in [0, 0.05) is 38.2 Å². The highest BCUT2D eigenvalue weighted by molar-refractivity contribution is 6.07. The van der Waals surface area contributed by atoms with Crippen LogP contribution in [-0.4, -0.2) is 35.4 Å². The summed E-state index contributed by atoms with van der Waals surface area (Å²) in [6.45, 7) is 0. The van der Waals surface area contributed by atoms with E-state index in [-0.39, 0.29) is 24.3 Å². The number of nitrogens with one attached hydrogen (secondary N) is 1. The van der Waals surface area contributed by atoms with Gasteiger partial charge in [-0.1, -0.05) is 48.5 Å². The van der Waals surface area contributed by atoms with Gasteiger partial charge < -0.3 is 14.8 Å². The van der Waals surface area contributed by atoms with Gasteiger partial charge in [0.25, 0.3) is 5.91 Å². The Balaban J connectivity index is 1.90. The van der Waals surface area contributed by atoms with Crippen LogP contribution in [0.1, 0.15) is 28.4 Å². The van der Waals surface area contributed by atoms with Crippen LogP contribution in [0.25, 0.3) is 10.9 Å². The van der Waals surface area contributed by atoms with Gasteiger partial charge >= 0.3 is 0 Å². The molecular weight excluding hydrogens is 326 g/mol. The Kier molecular flexibility index (Phi) is 5.07. The Hall–Kier alpha value is -3.08. The number of nitrogens with zero attached hydrogens (tertiary/aromatic N) is 2. The van der Waals surface area contributed by atoms with E-state index in [9.17, 15) is 9.59 Å². The van der Waals surface area contributed by atoms with Crippen LogP contribution in [0.2, 0.25) is 0 Å². The molecule has 0 aliphatic heterocycles. The number of rotatable bonds is 5. The standard InChI is InChI=1S/C21H23N3O2/c1-23(2)20(25)13-18(15-9-5-4-6-10-15)22-21(26)17-14-24(3)19-12-8-7-11-16(17)19/h4-12,14,18H,13H2,1-3H3,(H,22,26)/t18-/m0/s1. The maximum Gasteiger partial charge on any atom is 0.253 e. The molecule has 1 atom stereocenters. The molecule has 1 N–H and O–H groups in total. The molecule has 0 unspecified atom stereocenters. The average molecular weight is 349 g/mol. The zero-order chi connectivity index (χ0) is 18.7. The number of amides is 2. The van der Waals surface area contributed by atoms with E-state index in [0.29, 0.717) is 5.56 Å². The number of carbonyl (C=O) groups excluding carboxylic acids is 2. The second-order valence-corrected chi connectivity index (χ2v) is 6.60. The molecule has 3 rings (SSSR count). The SMILES string of the molecule is CN(C)C(=O)C[C@H](NC(=O)c1cn(C)c2ccccc12)c1ccccc1. The Labute approximate surface area is 153 Å². The molecule has 0 saturated heterocycles. The van der Waals surface area contributed by atoms with Gasteiger partial charge in [-0.15, -0.1) is 0 Å². The molecule has 2 amide bonds. The van der Waals surface area contributed by atoms with Gasteiger partial charge in [0.1, 0.15) is 0 Å². The summed E-state index contributed by atoms with van der Waals surface area (Å²) in [5.74, 6) is -0.209. The molecule has 0 fully saturated rings. The Morgan fingerprint density at radius 3 is 2.38 bits per heavy atom. The lowest BCUT2D eigenvalue weighted by Crippen LogP contribution is -2.33. The number of carbonyl (C=O) groups is 2. The van der Waals surface area contributed by atoms with E-state index in [2.05, 4.69) is 5.32 Å². The predicted molar refractivity (Wildman–Crippen MR) is 103 cm³/mol. The molecule has 3 aromatic rings. The lowest BCUT2D eigenvalue weighted by Gasteiger charge is -2.21. The first kappa shape index (κ1) is 17.7. The third-order valence-electron chi connectivity index (χ3n) is 4.53. The van der Waals surface area contributed by atoms with Crippen LogP contribution in [0.5, 0.6) is 0 Å². The van der Waals surface area contributed by atoms with Crippen molar-refractivity contribution in [3.63, 3.8) is 0 Å². The molecule has 134 valence electrons. The van der Waals surface area contributed by atoms with Crippen LogP contribution in [0.3, 0.4) is 0 Å². The third kappa shape index (κ3) is 3.61. The van der Waals surface area contributed by atoms with Crippen molar-refractivity contribution in [1.82, 2.24) is 14.8 Å². The van der Waals surface area contributed by atoms with Gasteiger partial charge in [-0.2, -0.15) is 0 Å². The van der Waals surface area contributed by atoms with Crippen molar-refractivity contribution >= 4 is 22.7 Å². The lowest BCUT2D eigenvalue weighted by atomic mass is 10.0. The molecule has 0 aliphatic carbocycles. The number of hydrogen-bond acceptors (Lipinski definition) is 2. The van der Waals surface area contributed by atoms with Crippen molar-refractivity contribution in [2.45, 2.75) is 12.5 Å². The number of fused-ring (bicyclic) bond motifs is 1. The normalized spacial score (nSPS) is 12.0. The highest BCUT2D eigenvalue weighted by Crippen LogP contribution is 2.23. The topological polar surface area (TPSA) is 54.3 Å². The van der Waals surface area contributed by atoms with Gasteiger partial charge in [0.05, 0.1) is 18.0 Å². The molecule has 0 radical (unpaired) electrons. The van der Waals surface area contributed by atoms with Crippen LogP contribution in [-0.2, 0) is 11.8 Å². The van der Waals surface area contributed by atoms with E-state index in [1.807, 2.05) is 72.4 Å². The van der Waals surface area contributed by atoms with Crippen LogP contribution in [0.15, 0.2) is 60.8 Å². The van der Waals surface area contributed by atoms with E-state index in [4.69, 9.17) is 0 Å². The number of para-hydroxylation sites is 1. The van der Waals surface area contributed by atoms with Crippen molar-refractivity contribution in [2.24, 2.45) is 7.05 Å². The highest BCUT2D eigenvalue weighted by atomic mass is 16.2. The van der Waals surface area contributed by atoms with E-state index in [1.165, 1.54) is 0 Å². The van der Waals surface area contributed by atoms with Crippen molar-refractivity contribution in [3.05, 3.63) is 71.9 Å². The number of aryl methyl sites for hydroxylation is 1. The summed E-state index contributed by atoms with van der Waals surface area (Å²) in [4.78, 5) is 26.7. The minimum atomic E-state index is -0.377. The van der Waals surface area contributed by atoms with E-state index < -0.39 is 0 Å². The second-order valence-electron chi connectivity index (χ2n) is 6.60. The summed E-state index contributed by atoms with van der Waals surface area (Å²) < 4.78 is 1.94. The van der Waals surface area contributed by atoms with Crippen LogP contribution >= 0.6 is 0 Å². The first-order valence-corrected chi connectivity index (χ1v) is 8.57. The molecule has 0 spiro atoms. The van der Waals surface area contributed by atoms with Crippen LogP contribution in [0, 0.1) is 0 Å². The summed E-state index contributed by atoms with van der Waals surface area (Å²) in [7, 11) is 5.36. The van der Waals surface area contributed by atoms with Gasteiger partial charge in [0.2, 0.25) is 5.91 Å². The summed E-state index contributed by atoms with van der Waals surface area (Å²) in [6.07, 6.45) is 2.04. The Bertz CT molecular complexity index is 929. The Morgan fingerprint density at radius 2 is 1.69 bits per heavy atom. The largest absolute Gasteiger partial charge is 0.350 e. The van der Waals surface area contributed by atoms with Gasteiger partial charge in [-0.25, -0.2) is 0 Å². The zero-order valence-electron chi connectivity index (χ0n) is 15.3. The van der Waals surface area contributed by atoms with Crippen molar-refractivity contribution in [2.75, 3.05) is 14.1 Å². The van der Waals surface area contributed by atoms with Crippen LogP contribution in [0.4, 0.5) is 0 Å². The minimum Gasteiger partial charge on any atom is -0.350 e. The first-order chi connectivity index (χ1) is 12.5. The first-order valence-electron chi connectivity index (χ1n) is 8.57. The second kappa shape index (κ2) is 7.44. The molecule has 0 saturated carbocycles. The molecule has 26 heavy (non-hydrogen) atoms. The monoisotopic (exact) mass is 349 g/mol. The predicted octanol–water partition coefficient (Wildman–Crippen LogP) is 3.13. The summed E-state index contributed by atoms with van der Waals surface area (Å²) in [5.41, 5.74) is 2.52. The van der Waals surface area contributed by atoms with Gasteiger partial charge in [-0.3, -0.25) is 9.59 Å². The molecule has 1 aromatic heterocycles. The number of hydrogen-bond donors (Lipinski definition) is 1. The molecule has 2 aromatic carbocycles. The summed E-state index contributed by atoms with van der Waals surface area (Å²) in [5, 5.41) is 3.94. The lowest BCUT2D eigenvalue weighted by molar-refractivity contribution is -0.129. The molecule has 0 aliphatic rings. The molecule has 0 bridgehead atoms. The van der Waals surface area contributed by atoms with E-state index in [1.54, 1.807) is 19.0 Å². The fraction of sp³-hybridized carbons (Fsp3) is 0.238. The third-order valence-corrected chi connectivity index (χ3v) is 4.53. The van der Waals surface area contributed by atoms with Crippen molar-refractivity contribution < 1.29 is 9.59 Å². The zero-order valence-corrected chi connectivity index (χ0v) is 15.3. The average Bonchev–Trinajstić information content (AvgIpc) is 2.99. The molecular formula is C21H23N3O2. The minimum absolute atomic E-state index is 0.0305. The van der Waals surface area contributed by atoms with Crippen LogP contribution < -0.4 is 5.32 Å². The van der Waals surface area contributed by atoms with E-state index in [0.717, 1.165) is 16.5 Å². The fourth-order valence-electron chi connectivity index (χ4n) is 3.05. The summed E-state index contributed by atoms with van der Waals surface area (Å²) in [6, 6.07) is 17.0. The fourth-order valence-corrected chi connectivity index (χ4v) is 3.05.